The van der Waals surface area contributed by atoms with Crippen LogP contribution in [0.5, 0.6) is 5.75 Å². The lowest BCUT2D eigenvalue weighted by Gasteiger charge is -2.29. The first kappa shape index (κ1) is 47.2. The van der Waals surface area contributed by atoms with Crippen molar-refractivity contribution in [2.45, 2.75) is 145 Å². The third-order valence-electron chi connectivity index (χ3n) is 11.7. The van der Waals surface area contributed by atoms with Crippen LogP contribution in [0.25, 0.3) is 16.7 Å². The molecule has 0 saturated heterocycles. The third kappa shape index (κ3) is 15.3. The van der Waals surface area contributed by atoms with E-state index < -0.39 is 0 Å². The Hall–Kier alpha value is -4.15. The number of hydrogen-bond acceptors (Lipinski definition) is 3. The van der Waals surface area contributed by atoms with Crippen LogP contribution in [0, 0.1) is 12.8 Å². The van der Waals surface area contributed by atoms with Gasteiger partial charge in [0.15, 0.2) is 0 Å². The molecule has 1 atom stereocenters. The number of allylic oxidation sites excluding steroid dienone is 2. The predicted octanol–water partition coefficient (Wildman–Crippen LogP) is 15.0. The molecule has 1 saturated carbocycles. The third-order valence-corrected chi connectivity index (χ3v) is 11.7. The summed E-state index contributed by atoms with van der Waals surface area (Å²) >= 11 is 0. The van der Waals surface area contributed by atoms with Crippen LogP contribution in [0.15, 0.2) is 90.5 Å². The van der Waals surface area contributed by atoms with Gasteiger partial charge in [0, 0.05) is 22.9 Å². The Labute approximate surface area is 348 Å². The smallest absolute Gasteiger partial charge is 0.255 e. The summed E-state index contributed by atoms with van der Waals surface area (Å²) in [7, 11) is 2.17. The van der Waals surface area contributed by atoms with Gasteiger partial charge in [0.1, 0.15) is 5.75 Å². The van der Waals surface area contributed by atoms with Crippen molar-refractivity contribution < 1.29 is 9.90 Å². The number of carbonyl (C=O) groups excluding carboxylic acids is 1. The SMILES string of the molecule is CC/C(C)=C(/C)c1cc(Cc2ccc(C(=O)Nc3cc(O)c(-c4ccccc4)c(C4CCC4)c3)cc2)ccc1C.CCCCCC(C)CC.CCCN(C)CCC. The average molecular weight is 773 g/mol. The molecule has 0 bridgehead atoms. The lowest BCUT2D eigenvalue weighted by molar-refractivity contribution is 0.102. The zero-order chi connectivity index (χ0) is 41.7. The van der Waals surface area contributed by atoms with Crippen molar-refractivity contribution in [3.8, 4) is 16.9 Å². The summed E-state index contributed by atoms with van der Waals surface area (Å²) in [5, 5.41) is 14.0. The first-order chi connectivity index (χ1) is 27.4. The van der Waals surface area contributed by atoms with Crippen LogP contribution < -0.4 is 5.32 Å². The topological polar surface area (TPSA) is 52.6 Å². The summed E-state index contributed by atoms with van der Waals surface area (Å²) in [6, 6.07) is 28.3. The fraction of sp³-hybridized carbons (Fsp3) is 0.491. The number of nitrogens with one attached hydrogen (secondary N) is 1. The van der Waals surface area contributed by atoms with E-state index in [0.29, 0.717) is 17.2 Å². The molecule has 1 amide bonds. The molecule has 0 aromatic heterocycles. The molecule has 1 aliphatic carbocycles. The minimum Gasteiger partial charge on any atom is -0.507 e. The van der Waals surface area contributed by atoms with Gasteiger partial charge in [0.2, 0.25) is 0 Å². The predicted molar refractivity (Wildman–Crippen MR) is 249 cm³/mol. The Kier molecular flexibility index (Phi) is 20.9. The second kappa shape index (κ2) is 25.3. The standard InChI is InChI=1S/C37H39NO2.C9H20.C7H17N/c1-5-24(2)26(4)33-21-28(15-14-25(33)3)20-27-16-18-31(19-17-27)37(40)38-32-22-34(29-12-9-13-29)36(35(39)23-32)30-10-7-6-8-11-30;1-4-6-7-8-9(3)5-2;1-4-6-8(3)7-5-2/h6-8,10-11,14-19,21-23,29,39H,5,9,12-13,20H2,1-4H3,(H,38,40);9H,4-8H2,1-3H3;4-7H2,1-3H3/b26-24-;;. The lowest BCUT2D eigenvalue weighted by Crippen LogP contribution is -2.19. The van der Waals surface area contributed by atoms with Gasteiger partial charge in [0.05, 0.1) is 0 Å². The van der Waals surface area contributed by atoms with E-state index in [9.17, 15) is 9.90 Å². The first-order valence-electron chi connectivity index (χ1n) is 22.2. The molecule has 0 radical (unpaired) electrons. The van der Waals surface area contributed by atoms with E-state index in [1.807, 2.05) is 60.7 Å². The van der Waals surface area contributed by atoms with Crippen molar-refractivity contribution in [3.05, 3.63) is 124 Å². The van der Waals surface area contributed by atoms with E-state index in [1.54, 1.807) is 6.07 Å². The lowest BCUT2D eigenvalue weighted by atomic mass is 9.76. The zero-order valence-electron chi connectivity index (χ0n) is 37.4. The summed E-state index contributed by atoms with van der Waals surface area (Å²) in [6.07, 6.45) is 14.8. The second-order valence-corrected chi connectivity index (χ2v) is 16.5. The number of hydrogen-bond donors (Lipinski definition) is 2. The highest BCUT2D eigenvalue weighted by molar-refractivity contribution is 6.04. The minimum absolute atomic E-state index is 0.175. The Bertz CT molecular complexity index is 1800. The van der Waals surface area contributed by atoms with Crippen molar-refractivity contribution in [1.82, 2.24) is 4.90 Å². The van der Waals surface area contributed by atoms with Crippen molar-refractivity contribution in [2.24, 2.45) is 5.92 Å². The largest absolute Gasteiger partial charge is 0.507 e. The molecule has 4 aromatic carbocycles. The maximum absolute atomic E-state index is 13.2. The van der Waals surface area contributed by atoms with Crippen LogP contribution in [-0.2, 0) is 6.42 Å². The molecule has 1 fully saturated rings. The highest BCUT2D eigenvalue weighted by Gasteiger charge is 2.25. The van der Waals surface area contributed by atoms with Crippen LogP contribution in [-0.4, -0.2) is 36.1 Å². The number of aryl methyl sites for hydroxylation is 1. The summed E-state index contributed by atoms with van der Waals surface area (Å²) in [4.78, 5) is 15.5. The van der Waals surface area contributed by atoms with Gasteiger partial charge in [-0.1, -0.05) is 146 Å². The van der Waals surface area contributed by atoms with Crippen molar-refractivity contribution >= 4 is 17.2 Å². The number of phenolic OH excluding ortho intramolecular Hbond substituents is 1. The number of nitrogens with zero attached hydrogens (tertiary/aromatic N) is 1. The molecule has 310 valence electrons. The highest BCUT2D eigenvalue weighted by Crippen LogP contribution is 2.46. The molecule has 0 spiro atoms. The fourth-order valence-corrected chi connectivity index (χ4v) is 7.39. The van der Waals surface area contributed by atoms with Crippen LogP contribution in [0.2, 0.25) is 0 Å². The number of benzene rings is 4. The van der Waals surface area contributed by atoms with Crippen molar-refractivity contribution in [3.63, 3.8) is 0 Å². The maximum Gasteiger partial charge on any atom is 0.255 e. The number of aromatic hydroxyl groups is 1. The highest BCUT2D eigenvalue weighted by atomic mass is 16.3. The van der Waals surface area contributed by atoms with E-state index in [-0.39, 0.29) is 11.7 Å². The van der Waals surface area contributed by atoms with Gasteiger partial charge in [-0.15, -0.1) is 0 Å². The molecule has 0 heterocycles. The molecular weight excluding hydrogens is 697 g/mol. The normalized spacial score (nSPS) is 13.4. The summed E-state index contributed by atoms with van der Waals surface area (Å²) < 4.78 is 0. The second-order valence-electron chi connectivity index (χ2n) is 16.5. The molecule has 1 aliphatic rings. The van der Waals surface area contributed by atoms with Crippen LogP contribution >= 0.6 is 0 Å². The molecule has 2 N–H and O–H groups in total. The van der Waals surface area contributed by atoms with Crippen molar-refractivity contribution in [2.75, 3.05) is 25.5 Å². The summed E-state index contributed by atoms with van der Waals surface area (Å²) in [5.41, 5.74) is 12.0. The molecular formula is C53H76N2O2. The zero-order valence-corrected chi connectivity index (χ0v) is 37.4. The monoisotopic (exact) mass is 773 g/mol. The molecule has 4 aromatic rings. The van der Waals surface area contributed by atoms with Crippen LogP contribution in [0.4, 0.5) is 5.69 Å². The molecule has 5 rings (SSSR count). The maximum atomic E-state index is 13.2. The van der Waals surface area contributed by atoms with E-state index >= 15 is 0 Å². The van der Waals surface area contributed by atoms with E-state index in [2.05, 4.69) is 97.8 Å². The quantitative estimate of drug-likeness (QED) is 0.105. The molecule has 4 nitrogen and oxygen atoms in total. The molecule has 0 aliphatic heterocycles. The van der Waals surface area contributed by atoms with E-state index in [1.165, 1.54) is 92.3 Å². The molecule has 1 unspecified atom stereocenters. The fourth-order valence-electron chi connectivity index (χ4n) is 7.39. The Balaban J connectivity index is 0.000000427. The van der Waals surface area contributed by atoms with Crippen LogP contribution in [0.3, 0.4) is 0 Å². The number of anilines is 1. The number of carbonyl (C=O) groups is 1. The van der Waals surface area contributed by atoms with Gasteiger partial charge in [-0.25, -0.2) is 0 Å². The number of unbranched alkanes of at least 4 members (excludes halogenated alkanes) is 2. The van der Waals surface area contributed by atoms with Gasteiger partial charge < -0.3 is 15.3 Å². The van der Waals surface area contributed by atoms with E-state index in [0.717, 1.165) is 53.9 Å². The van der Waals surface area contributed by atoms with Gasteiger partial charge in [-0.3, -0.25) is 4.79 Å². The Morgan fingerprint density at radius 1 is 0.825 bits per heavy atom. The number of rotatable bonds is 17. The first-order valence-corrected chi connectivity index (χ1v) is 22.2. The number of amides is 1. The molecule has 4 heteroatoms. The van der Waals surface area contributed by atoms with Crippen LogP contribution in [0.1, 0.15) is 170 Å². The van der Waals surface area contributed by atoms with E-state index in [4.69, 9.17) is 0 Å². The average Bonchev–Trinajstić information content (AvgIpc) is 3.18. The minimum atomic E-state index is -0.175. The number of phenols is 1. The Morgan fingerprint density at radius 2 is 1.47 bits per heavy atom. The summed E-state index contributed by atoms with van der Waals surface area (Å²) in [5.74, 6) is 1.39. The Morgan fingerprint density at radius 3 is 2.04 bits per heavy atom. The van der Waals surface area contributed by atoms with Gasteiger partial charge in [-0.05, 0) is 148 Å². The van der Waals surface area contributed by atoms with Gasteiger partial charge in [0.25, 0.3) is 5.91 Å². The molecule has 57 heavy (non-hydrogen) atoms. The summed E-state index contributed by atoms with van der Waals surface area (Å²) in [6.45, 7) is 22.6. The van der Waals surface area contributed by atoms with Crippen molar-refractivity contribution in [1.29, 1.82) is 0 Å². The van der Waals surface area contributed by atoms with Gasteiger partial charge in [-0.2, -0.15) is 0 Å². The van der Waals surface area contributed by atoms with Gasteiger partial charge >= 0.3 is 0 Å².